The molecular weight excluding hydrogens is 392 g/mol. The molecule has 2 aliphatic heterocycles. The highest BCUT2D eigenvalue weighted by Gasteiger charge is 2.59. The van der Waals surface area contributed by atoms with Gasteiger partial charge >= 0.3 is 0 Å². The number of rotatable bonds is 4. The van der Waals surface area contributed by atoms with Crippen LogP contribution in [0.15, 0.2) is 53.4 Å². The molecular formula is C22H21ClN2O2S. The highest BCUT2D eigenvalue weighted by molar-refractivity contribution is 7.98. The van der Waals surface area contributed by atoms with Gasteiger partial charge in [-0.15, -0.1) is 11.8 Å². The minimum atomic E-state index is -0.461. The molecule has 2 heterocycles. The van der Waals surface area contributed by atoms with Gasteiger partial charge in [0.05, 0.1) is 17.1 Å². The zero-order valence-corrected chi connectivity index (χ0v) is 17.2. The predicted octanol–water partition coefficient (Wildman–Crippen LogP) is 4.11. The molecule has 144 valence electrons. The third-order valence-corrected chi connectivity index (χ3v) is 7.37. The molecule has 0 spiro atoms. The topological polar surface area (TPSA) is 40.6 Å². The number of nitrogens with zero attached hydrogens (tertiary/aromatic N) is 2. The first kappa shape index (κ1) is 18.1. The summed E-state index contributed by atoms with van der Waals surface area (Å²) in [5.41, 5.74) is 1.53. The summed E-state index contributed by atoms with van der Waals surface area (Å²) in [6, 6.07) is 15.3. The van der Waals surface area contributed by atoms with Crippen LogP contribution in [0.5, 0.6) is 0 Å². The molecule has 2 aromatic carbocycles. The van der Waals surface area contributed by atoms with Crippen LogP contribution in [0, 0.1) is 0 Å². The zero-order valence-electron chi connectivity index (χ0n) is 15.6. The lowest BCUT2D eigenvalue weighted by molar-refractivity contribution is -0.140. The van der Waals surface area contributed by atoms with Gasteiger partial charge in [-0.2, -0.15) is 0 Å². The summed E-state index contributed by atoms with van der Waals surface area (Å²) in [6.07, 6.45) is 4.43. The Morgan fingerprint density at radius 3 is 2.50 bits per heavy atom. The molecule has 2 aromatic rings. The number of anilines is 1. The van der Waals surface area contributed by atoms with E-state index in [1.165, 1.54) is 0 Å². The van der Waals surface area contributed by atoms with E-state index in [0.29, 0.717) is 11.6 Å². The molecule has 2 bridgehead atoms. The van der Waals surface area contributed by atoms with Gasteiger partial charge in [-0.3, -0.25) is 9.59 Å². The van der Waals surface area contributed by atoms with Crippen molar-refractivity contribution in [1.29, 1.82) is 0 Å². The van der Waals surface area contributed by atoms with Gasteiger partial charge in [-0.25, -0.2) is 0 Å². The minimum Gasteiger partial charge on any atom is -0.328 e. The maximum Gasteiger partial charge on any atom is 0.250 e. The van der Waals surface area contributed by atoms with Crippen molar-refractivity contribution >= 4 is 40.9 Å². The molecule has 3 fully saturated rings. The van der Waals surface area contributed by atoms with E-state index in [4.69, 9.17) is 11.6 Å². The van der Waals surface area contributed by atoms with Gasteiger partial charge in [0, 0.05) is 16.5 Å². The number of halogens is 1. The van der Waals surface area contributed by atoms with E-state index in [-0.39, 0.29) is 23.9 Å². The van der Waals surface area contributed by atoms with Crippen molar-refractivity contribution in [2.75, 3.05) is 17.7 Å². The first-order valence-electron chi connectivity index (χ1n) is 9.58. The second-order valence-electron chi connectivity index (χ2n) is 7.83. The summed E-state index contributed by atoms with van der Waals surface area (Å²) < 4.78 is 0. The third kappa shape index (κ3) is 2.60. The highest BCUT2D eigenvalue weighted by atomic mass is 35.5. The molecule has 0 N–H and O–H groups in total. The largest absolute Gasteiger partial charge is 0.328 e. The Hall–Kier alpha value is -1.98. The molecule has 0 radical (unpaired) electrons. The Morgan fingerprint density at radius 2 is 1.86 bits per heavy atom. The SMILES string of the molecule is CSc1ccccc1N1C(=O)[C@@H]2C[C@H]1CN2C(=O)C1(c2ccc(Cl)cc2)CC1. The maximum absolute atomic E-state index is 13.4. The molecule has 1 saturated carbocycles. The van der Waals surface area contributed by atoms with Gasteiger partial charge in [0.1, 0.15) is 6.04 Å². The molecule has 4 nitrogen and oxygen atoms in total. The molecule has 5 rings (SSSR count). The van der Waals surface area contributed by atoms with Crippen molar-refractivity contribution in [2.45, 2.75) is 41.7 Å². The van der Waals surface area contributed by atoms with Gasteiger partial charge in [0.2, 0.25) is 11.8 Å². The van der Waals surface area contributed by atoms with Crippen LogP contribution in [-0.2, 0) is 15.0 Å². The van der Waals surface area contributed by atoms with E-state index in [9.17, 15) is 9.59 Å². The Morgan fingerprint density at radius 1 is 1.14 bits per heavy atom. The van der Waals surface area contributed by atoms with Crippen LogP contribution < -0.4 is 4.90 Å². The average Bonchev–Trinajstić information content (AvgIpc) is 3.32. The number of thioether (sulfide) groups is 1. The molecule has 2 saturated heterocycles. The fourth-order valence-electron chi connectivity index (χ4n) is 4.74. The lowest BCUT2D eigenvalue weighted by Gasteiger charge is -2.36. The van der Waals surface area contributed by atoms with Crippen LogP contribution >= 0.6 is 23.4 Å². The number of hydrogen-bond donors (Lipinski definition) is 0. The number of carbonyl (C=O) groups excluding carboxylic acids is 2. The van der Waals surface area contributed by atoms with Gasteiger partial charge in [0.25, 0.3) is 0 Å². The van der Waals surface area contributed by atoms with E-state index in [1.54, 1.807) is 11.8 Å². The Labute approximate surface area is 173 Å². The monoisotopic (exact) mass is 412 g/mol. The Bertz CT molecular complexity index is 957. The van der Waals surface area contributed by atoms with Crippen molar-refractivity contribution in [3.63, 3.8) is 0 Å². The van der Waals surface area contributed by atoms with Crippen molar-refractivity contribution < 1.29 is 9.59 Å². The van der Waals surface area contributed by atoms with Gasteiger partial charge in [-0.1, -0.05) is 35.9 Å². The number of likely N-dealkylation sites (tertiary alicyclic amines) is 1. The van der Waals surface area contributed by atoms with Crippen LogP contribution in [0.1, 0.15) is 24.8 Å². The molecule has 3 aliphatic rings. The van der Waals surface area contributed by atoms with Crippen molar-refractivity contribution in [2.24, 2.45) is 0 Å². The van der Waals surface area contributed by atoms with Crippen LogP contribution in [-0.4, -0.2) is 41.6 Å². The van der Waals surface area contributed by atoms with Crippen LogP contribution in [0.2, 0.25) is 5.02 Å². The maximum atomic E-state index is 13.4. The van der Waals surface area contributed by atoms with Gasteiger partial charge in [0.15, 0.2) is 0 Å². The lowest BCUT2D eigenvalue weighted by Crippen LogP contribution is -2.54. The Kier molecular flexibility index (Phi) is 4.21. The predicted molar refractivity (Wildman–Crippen MR) is 112 cm³/mol. The summed E-state index contributed by atoms with van der Waals surface area (Å²) in [7, 11) is 0. The van der Waals surface area contributed by atoms with Crippen LogP contribution in [0.3, 0.4) is 0 Å². The molecule has 6 heteroatoms. The van der Waals surface area contributed by atoms with E-state index < -0.39 is 5.41 Å². The second-order valence-corrected chi connectivity index (χ2v) is 9.12. The van der Waals surface area contributed by atoms with Crippen LogP contribution in [0.25, 0.3) is 0 Å². The summed E-state index contributed by atoms with van der Waals surface area (Å²) in [5, 5.41) is 0.672. The first-order valence-corrected chi connectivity index (χ1v) is 11.2. The molecule has 2 amide bonds. The minimum absolute atomic E-state index is 0.0537. The second kappa shape index (κ2) is 6.53. The number of fused-ring (bicyclic) bond motifs is 2. The van der Waals surface area contributed by atoms with Crippen molar-refractivity contribution in [3.05, 3.63) is 59.1 Å². The molecule has 0 unspecified atom stereocenters. The standard InChI is InChI=1S/C22H21ClN2O2S/c1-28-19-5-3-2-4-17(19)25-16-12-18(20(25)26)24(13-16)21(27)22(10-11-22)14-6-8-15(23)9-7-14/h2-9,16,18H,10-13H2,1H3/t16-,18-/m0/s1. The van der Waals surface area contributed by atoms with Gasteiger partial charge < -0.3 is 9.80 Å². The number of amides is 2. The normalized spacial score (nSPS) is 24.7. The average molecular weight is 413 g/mol. The number of benzene rings is 2. The van der Waals surface area contributed by atoms with Crippen molar-refractivity contribution in [1.82, 2.24) is 4.90 Å². The van der Waals surface area contributed by atoms with Crippen LogP contribution in [0.4, 0.5) is 5.69 Å². The highest BCUT2D eigenvalue weighted by Crippen LogP contribution is 2.51. The zero-order chi connectivity index (χ0) is 19.5. The number of para-hydroxylation sites is 1. The summed E-state index contributed by atoms with van der Waals surface area (Å²) in [5.74, 6) is 0.159. The van der Waals surface area contributed by atoms with Gasteiger partial charge in [-0.05, 0) is 55.3 Å². The summed E-state index contributed by atoms with van der Waals surface area (Å²) in [6.45, 7) is 0.618. The molecule has 0 aromatic heterocycles. The third-order valence-electron chi connectivity index (χ3n) is 6.33. The number of hydrogen-bond acceptors (Lipinski definition) is 3. The van der Waals surface area contributed by atoms with E-state index in [1.807, 2.05) is 64.6 Å². The number of carbonyl (C=O) groups is 2. The molecule has 2 atom stereocenters. The van der Waals surface area contributed by atoms with E-state index in [0.717, 1.165) is 35.4 Å². The van der Waals surface area contributed by atoms with Crippen molar-refractivity contribution in [3.8, 4) is 0 Å². The lowest BCUT2D eigenvalue weighted by atomic mass is 9.94. The first-order chi connectivity index (χ1) is 13.5. The number of piperazine rings is 1. The smallest absolute Gasteiger partial charge is 0.250 e. The molecule has 1 aliphatic carbocycles. The van der Waals surface area contributed by atoms with E-state index in [2.05, 4.69) is 0 Å². The fourth-order valence-corrected chi connectivity index (χ4v) is 5.46. The summed E-state index contributed by atoms with van der Waals surface area (Å²) >= 11 is 7.66. The summed E-state index contributed by atoms with van der Waals surface area (Å²) in [4.78, 5) is 31.5. The quantitative estimate of drug-likeness (QED) is 0.709. The fraction of sp³-hybridized carbons (Fsp3) is 0.364. The van der Waals surface area contributed by atoms with E-state index >= 15 is 0 Å². The molecule has 28 heavy (non-hydrogen) atoms. The Balaban J connectivity index is 1.40.